The lowest BCUT2D eigenvalue weighted by Crippen LogP contribution is -2.37. The molecule has 1 amide bonds. The Labute approximate surface area is 190 Å². The monoisotopic (exact) mass is 446 g/mol. The van der Waals surface area contributed by atoms with Gasteiger partial charge in [0.05, 0.1) is 23.4 Å². The molecule has 2 unspecified atom stereocenters. The van der Waals surface area contributed by atoms with Gasteiger partial charge in [-0.15, -0.1) is 0 Å². The number of aryl methyl sites for hydroxylation is 1. The molecule has 0 bridgehead atoms. The van der Waals surface area contributed by atoms with E-state index in [4.69, 9.17) is 0 Å². The number of benzene rings is 1. The molecule has 1 aromatic heterocycles. The smallest absolute Gasteiger partial charge is 0.252 e. The minimum atomic E-state index is -0.546. The van der Waals surface area contributed by atoms with Crippen LogP contribution in [0.3, 0.4) is 0 Å². The second-order valence-electron chi connectivity index (χ2n) is 9.49. The molecule has 8 heteroatoms. The quantitative estimate of drug-likeness (QED) is 0.572. The predicted molar refractivity (Wildman–Crippen MR) is 124 cm³/mol. The third-order valence-corrected chi connectivity index (χ3v) is 7.15. The number of aliphatic hydroxyl groups excluding tert-OH is 1. The number of aliphatic hydroxyl groups is 1. The summed E-state index contributed by atoms with van der Waals surface area (Å²) in [5, 5.41) is 27.8. The minimum Gasteiger partial charge on any atom is -0.512 e. The first-order valence-electron chi connectivity index (χ1n) is 11.3. The van der Waals surface area contributed by atoms with E-state index in [0.29, 0.717) is 12.1 Å². The van der Waals surface area contributed by atoms with Crippen LogP contribution in [-0.2, 0) is 16.1 Å². The highest BCUT2D eigenvalue weighted by Gasteiger charge is 2.49. The van der Waals surface area contributed by atoms with Crippen LogP contribution in [0.25, 0.3) is 16.5 Å². The van der Waals surface area contributed by atoms with Gasteiger partial charge in [0.25, 0.3) is 5.91 Å². The molecule has 0 fully saturated rings. The molecule has 0 spiro atoms. The fraction of sp³-hybridized carbons (Fsp3) is 0.360. The summed E-state index contributed by atoms with van der Waals surface area (Å²) in [6.07, 6.45) is 2.47. The Balaban J connectivity index is 1.63. The number of carbonyl (C=O) groups is 2. The van der Waals surface area contributed by atoms with E-state index in [9.17, 15) is 19.8 Å². The van der Waals surface area contributed by atoms with E-state index in [2.05, 4.69) is 20.1 Å². The van der Waals surface area contributed by atoms with Crippen molar-refractivity contribution < 1.29 is 19.8 Å². The molecule has 8 nitrogen and oxygen atoms in total. The Morgan fingerprint density at radius 2 is 2.00 bits per heavy atom. The number of rotatable bonds is 4. The zero-order valence-electron chi connectivity index (χ0n) is 18.6. The molecule has 2 aromatic rings. The molecule has 33 heavy (non-hydrogen) atoms. The van der Waals surface area contributed by atoms with Gasteiger partial charge in [-0.3, -0.25) is 14.9 Å². The van der Waals surface area contributed by atoms with Crippen molar-refractivity contribution >= 4 is 28.2 Å². The number of nitrogens with one attached hydrogen (secondary N) is 2. The van der Waals surface area contributed by atoms with Gasteiger partial charge < -0.3 is 25.0 Å². The number of hydrogen-bond acceptors (Lipinski definition) is 6. The highest BCUT2D eigenvalue weighted by Crippen LogP contribution is 2.52. The standard InChI is InChI=1S/C25H26N4O4/c1-28(2)6-3-7-29-17-5-4-12(30)8-14(17)19-16-11-26-25(33)21(16)20-15-9-13(31)10-18(32)22(15)27-23(20)24(19)29/h4-5,8,10,22-23,27,30-31H,3,6-7,9,11H2,1-2H3,(H,26,33). The van der Waals surface area contributed by atoms with Crippen molar-refractivity contribution in [3.8, 4) is 5.75 Å². The normalized spacial score (nSPS) is 23.7. The Bertz CT molecular complexity index is 1340. The summed E-state index contributed by atoms with van der Waals surface area (Å²) in [7, 11) is 4.09. The Morgan fingerprint density at radius 1 is 1.18 bits per heavy atom. The SMILES string of the molecule is CN(C)CCCn1c2c(c3cc(O)ccc31)C1=C(C(=O)NC1)C1=C3CC(O)=CC(=O)C3NC12. The van der Waals surface area contributed by atoms with Crippen molar-refractivity contribution in [1.29, 1.82) is 0 Å². The van der Waals surface area contributed by atoms with E-state index >= 15 is 0 Å². The van der Waals surface area contributed by atoms with Crippen LogP contribution in [0.4, 0.5) is 0 Å². The maximum absolute atomic E-state index is 13.0. The highest BCUT2D eigenvalue weighted by atomic mass is 16.3. The Kier molecular flexibility index (Phi) is 4.34. The number of phenolic OH excluding ortho intramolecular Hbond substituents is 1. The number of ketones is 1. The van der Waals surface area contributed by atoms with Crippen LogP contribution in [0.2, 0.25) is 0 Å². The topological polar surface area (TPSA) is 107 Å². The van der Waals surface area contributed by atoms with Crippen molar-refractivity contribution in [1.82, 2.24) is 20.1 Å². The number of nitrogens with zero attached hydrogens (tertiary/aromatic N) is 2. The van der Waals surface area contributed by atoms with Crippen molar-refractivity contribution in [2.45, 2.75) is 31.5 Å². The summed E-state index contributed by atoms with van der Waals surface area (Å²) in [4.78, 5) is 27.9. The summed E-state index contributed by atoms with van der Waals surface area (Å²) in [5.74, 6) is -0.132. The van der Waals surface area contributed by atoms with E-state index < -0.39 is 6.04 Å². The predicted octanol–water partition coefficient (Wildman–Crippen LogP) is 1.92. The molecule has 4 aliphatic rings. The Morgan fingerprint density at radius 3 is 2.79 bits per heavy atom. The van der Waals surface area contributed by atoms with E-state index in [1.54, 1.807) is 12.1 Å². The van der Waals surface area contributed by atoms with E-state index in [0.717, 1.165) is 58.4 Å². The van der Waals surface area contributed by atoms with Crippen LogP contribution in [0.1, 0.15) is 30.1 Å². The van der Waals surface area contributed by atoms with Crippen molar-refractivity contribution in [3.05, 3.63) is 58.0 Å². The molecule has 0 radical (unpaired) electrons. The van der Waals surface area contributed by atoms with Crippen LogP contribution in [0.15, 0.2) is 46.8 Å². The van der Waals surface area contributed by atoms with Crippen LogP contribution in [0, 0.1) is 0 Å². The maximum atomic E-state index is 13.0. The summed E-state index contributed by atoms with van der Waals surface area (Å²) < 4.78 is 2.27. The number of hydrogen-bond donors (Lipinski definition) is 4. The molecule has 2 aliphatic carbocycles. The van der Waals surface area contributed by atoms with Gasteiger partial charge in [-0.1, -0.05) is 0 Å². The second kappa shape index (κ2) is 7.07. The van der Waals surface area contributed by atoms with Gasteiger partial charge in [-0.25, -0.2) is 0 Å². The van der Waals surface area contributed by atoms with Gasteiger partial charge in [0.15, 0.2) is 5.78 Å². The van der Waals surface area contributed by atoms with Crippen LogP contribution < -0.4 is 10.6 Å². The van der Waals surface area contributed by atoms with Gasteiger partial charge in [0, 0.05) is 47.7 Å². The number of allylic oxidation sites excluding steroid dienone is 1. The average Bonchev–Trinajstić information content (AvgIpc) is 3.40. The van der Waals surface area contributed by atoms with Crippen molar-refractivity contribution in [2.75, 3.05) is 27.2 Å². The van der Waals surface area contributed by atoms with Gasteiger partial charge in [0.2, 0.25) is 0 Å². The first-order valence-corrected chi connectivity index (χ1v) is 11.3. The summed E-state index contributed by atoms with van der Waals surface area (Å²) in [6.45, 7) is 2.09. The number of carbonyl (C=O) groups excluding carboxylic acids is 2. The second-order valence-corrected chi connectivity index (χ2v) is 9.49. The average molecular weight is 447 g/mol. The summed E-state index contributed by atoms with van der Waals surface area (Å²) in [6, 6.07) is 4.51. The maximum Gasteiger partial charge on any atom is 0.252 e. The van der Waals surface area contributed by atoms with Crippen LogP contribution >= 0.6 is 0 Å². The first-order chi connectivity index (χ1) is 15.8. The zero-order valence-corrected chi connectivity index (χ0v) is 18.6. The third-order valence-electron chi connectivity index (χ3n) is 7.15. The van der Waals surface area contributed by atoms with Crippen LogP contribution in [0.5, 0.6) is 5.75 Å². The van der Waals surface area contributed by atoms with E-state index in [-0.39, 0.29) is 35.7 Å². The zero-order chi connectivity index (χ0) is 23.0. The highest BCUT2D eigenvalue weighted by molar-refractivity contribution is 6.16. The molecule has 2 aliphatic heterocycles. The third kappa shape index (κ3) is 2.84. The molecule has 3 heterocycles. The first kappa shape index (κ1) is 20.3. The van der Waals surface area contributed by atoms with E-state index in [1.165, 1.54) is 6.08 Å². The number of amides is 1. The summed E-state index contributed by atoms with van der Waals surface area (Å²) in [5.41, 5.74) is 6.10. The molecule has 6 rings (SSSR count). The lowest BCUT2D eigenvalue weighted by atomic mass is 9.80. The fourth-order valence-corrected chi connectivity index (χ4v) is 5.90. The molecule has 1 aromatic carbocycles. The summed E-state index contributed by atoms with van der Waals surface area (Å²) >= 11 is 0. The molecule has 4 N–H and O–H groups in total. The number of phenols is 1. The van der Waals surface area contributed by atoms with Crippen molar-refractivity contribution in [3.63, 3.8) is 0 Å². The van der Waals surface area contributed by atoms with Crippen LogP contribution in [-0.4, -0.2) is 64.6 Å². The van der Waals surface area contributed by atoms with Gasteiger partial charge in [0.1, 0.15) is 5.75 Å². The molecular formula is C25H26N4O4. The number of aromatic hydroxyl groups is 1. The number of aromatic nitrogens is 1. The Hall–Kier alpha value is -3.36. The van der Waals surface area contributed by atoms with Crippen molar-refractivity contribution in [2.24, 2.45) is 0 Å². The molecule has 170 valence electrons. The molecule has 0 saturated carbocycles. The van der Waals surface area contributed by atoms with Gasteiger partial charge in [-0.2, -0.15) is 0 Å². The lowest BCUT2D eigenvalue weighted by molar-refractivity contribution is -0.117. The minimum absolute atomic E-state index is 0.0315. The van der Waals surface area contributed by atoms with Gasteiger partial charge in [-0.05, 0) is 62.0 Å². The largest absolute Gasteiger partial charge is 0.512 e. The molecular weight excluding hydrogens is 420 g/mol. The number of fused-ring (bicyclic) bond motifs is 8. The molecule has 0 saturated heterocycles. The van der Waals surface area contributed by atoms with Gasteiger partial charge >= 0.3 is 0 Å². The van der Waals surface area contributed by atoms with E-state index in [1.807, 2.05) is 20.2 Å². The molecule has 2 atom stereocenters. The lowest BCUT2D eigenvalue weighted by Gasteiger charge is -2.26. The fourth-order valence-electron chi connectivity index (χ4n) is 5.90.